The summed E-state index contributed by atoms with van der Waals surface area (Å²) in [5, 5.41) is 49.6. The molecule has 0 radical (unpaired) electrons. The molecule has 0 aromatic carbocycles. The number of hydrogen-bond acceptors (Lipinski definition) is 11. The van der Waals surface area contributed by atoms with Gasteiger partial charge >= 0.3 is 5.69 Å². The maximum atomic E-state index is 12.1. The predicted molar refractivity (Wildman–Crippen MR) is 87.2 cm³/mol. The Morgan fingerprint density at radius 1 is 1.30 bits per heavy atom. The molecule has 2 aliphatic heterocycles. The summed E-state index contributed by atoms with van der Waals surface area (Å²) < 4.78 is 17.5. The van der Waals surface area contributed by atoms with E-state index in [9.17, 15) is 30.3 Å². The third kappa shape index (κ3) is 3.46. The molecule has 152 valence electrons. The first-order valence-electron chi connectivity index (χ1n) is 8.32. The molecule has 1 aromatic heterocycles. The molecule has 0 aliphatic carbocycles. The van der Waals surface area contributed by atoms with Gasteiger partial charge in [-0.25, -0.2) is 4.79 Å². The van der Waals surface area contributed by atoms with Crippen LogP contribution in [0.3, 0.4) is 0 Å². The lowest BCUT2D eigenvalue weighted by molar-refractivity contribution is -0.243. The van der Waals surface area contributed by atoms with Crippen LogP contribution in [-0.4, -0.2) is 90.7 Å². The summed E-state index contributed by atoms with van der Waals surface area (Å²) in [7, 11) is 0. The standard InChI is InChI=1S/C15H23N3O9/c1-15(24)11(22)7(5-20)26-13(15)27-10-9(21)6(4-19)25-12(10)18-3-2-8(16)17-14(18)23/h2-3,6-7,9-13,19-22,24H,4-5H2,1H3,(H2,16,17,23)/t6-,7-,9?,10?,11-,12-,13+,15-/m0/s1. The molecule has 0 bridgehead atoms. The summed E-state index contributed by atoms with van der Waals surface area (Å²) in [5.74, 6) is -0.0121. The lowest BCUT2D eigenvalue weighted by Gasteiger charge is -2.31. The van der Waals surface area contributed by atoms with E-state index < -0.39 is 67.5 Å². The van der Waals surface area contributed by atoms with E-state index in [1.54, 1.807) is 0 Å². The van der Waals surface area contributed by atoms with Gasteiger partial charge in [0.15, 0.2) is 12.5 Å². The fourth-order valence-corrected chi connectivity index (χ4v) is 3.20. The lowest BCUT2D eigenvalue weighted by atomic mass is 9.97. The molecule has 7 N–H and O–H groups in total. The first-order chi connectivity index (χ1) is 12.7. The van der Waals surface area contributed by atoms with Gasteiger partial charge in [-0.15, -0.1) is 0 Å². The summed E-state index contributed by atoms with van der Waals surface area (Å²) in [6.45, 7) is 0.124. The molecule has 12 nitrogen and oxygen atoms in total. The Hall–Kier alpha value is -1.64. The monoisotopic (exact) mass is 389 g/mol. The Labute approximate surface area is 153 Å². The van der Waals surface area contributed by atoms with Crippen LogP contribution in [0.2, 0.25) is 0 Å². The molecule has 0 saturated carbocycles. The van der Waals surface area contributed by atoms with Crippen molar-refractivity contribution in [2.24, 2.45) is 0 Å². The fraction of sp³-hybridized carbons (Fsp3) is 0.733. The SMILES string of the molecule is C[C@@]1(O)[C@@H](OC2C(O)[C@H](CO)O[C@@H]2n2ccc(N)nc2=O)O[C@@H](CO)[C@@H]1O. The topological polar surface area (TPSA) is 190 Å². The van der Waals surface area contributed by atoms with Gasteiger partial charge in [0.1, 0.15) is 41.9 Å². The first-order valence-corrected chi connectivity index (χ1v) is 8.32. The number of hydrogen-bond donors (Lipinski definition) is 6. The molecule has 2 saturated heterocycles. The number of ether oxygens (including phenoxy) is 3. The highest BCUT2D eigenvalue weighted by atomic mass is 16.7. The lowest BCUT2D eigenvalue weighted by Crippen LogP contribution is -2.50. The van der Waals surface area contributed by atoms with Crippen molar-refractivity contribution < 1.29 is 39.7 Å². The molecule has 3 rings (SSSR count). The average molecular weight is 389 g/mol. The van der Waals surface area contributed by atoms with Crippen molar-refractivity contribution in [2.75, 3.05) is 18.9 Å². The van der Waals surface area contributed by atoms with E-state index in [1.807, 2.05) is 0 Å². The molecule has 27 heavy (non-hydrogen) atoms. The second kappa shape index (κ2) is 7.41. The Kier molecular flexibility index (Phi) is 5.52. The first kappa shape index (κ1) is 20.1. The van der Waals surface area contributed by atoms with Gasteiger partial charge in [0.2, 0.25) is 0 Å². The molecule has 1 aromatic rings. The zero-order chi connectivity index (χ0) is 19.9. The van der Waals surface area contributed by atoms with Crippen LogP contribution in [0.15, 0.2) is 17.1 Å². The number of nitrogen functional groups attached to an aromatic ring is 1. The smallest absolute Gasteiger partial charge is 0.351 e. The predicted octanol–water partition coefficient (Wildman–Crippen LogP) is -3.71. The third-order valence-electron chi connectivity index (χ3n) is 4.81. The van der Waals surface area contributed by atoms with Gasteiger partial charge in [-0.3, -0.25) is 4.57 Å². The highest BCUT2D eigenvalue weighted by Crippen LogP contribution is 2.37. The van der Waals surface area contributed by atoms with Gasteiger partial charge in [-0.1, -0.05) is 0 Å². The number of anilines is 1. The fourth-order valence-electron chi connectivity index (χ4n) is 3.20. The van der Waals surface area contributed by atoms with Crippen LogP contribution < -0.4 is 11.4 Å². The number of rotatable bonds is 5. The summed E-state index contributed by atoms with van der Waals surface area (Å²) in [6, 6.07) is 1.34. The van der Waals surface area contributed by atoms with E-state index >= 15 is 0 Å². The van der Waals surface area contributed by atoms with Gasteiger partial charge in [0, 0.05) is 6.20 Å². The van der Waals surface area contributed by atoms with E-state index in [-0.39, 0.29) is 5.82 Å². The number of nitrogens with two attached hydrogens (primary N) is 1. The van der Waals surface area contributed by atoms with E-state index in [1.165, 1.54) is 19.2 Å². The van der Waals surface area contributed by atoms with Gasteiger partial charge in [0.25, 0.3) is 0 Å². The molecule has 12 heteroatoms. The quantitative estimate of drug-likeness (QED) is 0.290. The molecule has 2 unspecified atom stereocenters. The molecule has 0 amide bonds. The van der Waals surface area contributed by atoms with Crippen molar-refractivity contribution in [2.45, 2.75) is 55.6 Å². The van der Waals surface area contributed by atoms with Crippen molar-refractivity contribution in [3.05, 3.63) is 22.7 Å². The van der Waals surface area contributed by atoms with Crippen molar-refractivity contribution in [1.82, 2.24) is 9.55 Å². The van der Waals surface area contributed by atoms with Gasteiger partial charge in [-0.2, -0.15) is 4.98 Å². The number of aliphatic hydroxyl groups excluding tert-OH is 4. The highest BCUT2D eigenvalue weighted by molar-refractivity contribution is 5.23. The average Bonchev–Trinajstić information content (AvgIpc) is 3.04. The normalized spacial score (nSPS) is 41.9. The van der Waals surface area contributed by atoms with Gasteiger partial charge in [0.05, 0.1) is 13.2 Å². The minimum Gasteiger partial charge on any atom is -0.394 e. The number of aromatic nitrogens is 2. The highest BCUT2D eigenvalue weighted by Gasteiger charge is 2.56. The van der Waals surface area contributed by atoms with Crippen LogP contribution in [0.25, 0.3) is 0 Å². The van der Waals surface area contributed by atoms with Crippen molar-refractivity contribution in [3.63, 3.8) is 0 Å². The summed E-state index contributed by atoms with van der Waals surface area (Å²) >= 11 is 0. The van der Waals surface area contributed by atoms with Crippen LogP contribution in [0, 0.1) is 0 Å². The Morgan fingerprint density at radius 3 is 2.52 bits per heavy atom. The minimum absolute atomic E-state index is 0.0121. The van der Waals surface area contributed by atoms with Crippen LogP contribution in [0.1, 0.15) is 13.2 Å². The molecule has 8 atom stereocenters. The summed E-state index contributed by atoms with van der Waals surface area (Å²) in [6.07, 6.45) is -7.61. The largest absolute Gasteiger partial charge is 0.394 e. The van der Waals surface area contributed by atoms with E-state index in [0.717, 1.165) is 4.57 Å². The second-order valence-electron chi connectivity index (χ2n) is 6.74. The van der Waals surface area contributed by atoms with Crippen LogP contribution in [0.5, 0.6) is 0 Å². The molecule has 2 fully saturated rings. The maximum Gasteiger partial charge on any atom is 0.351 e. The molecular formula is C15H23N3O9. The zero-order valence-corrected chi connectivity index (χ0v) is 14.5. The summed E-state index contributed by atoms with van der Waals surface area (Å²) in [4.78, 5) is 15.7. The van der Waals surface area contributed by atoms with Gasteiger partial charge in [-0.05, 0) is 13.0 Å². The number of aliphatic hydroxyl groups is 5. The molecule has 0 spiro atoms. The molecule has 2 aliphatic rings. The van der Waals surface area contributed by atoms with Crippen LogP contribution in [-0.2, 0) is 14.2 Å². The summed E-state index contributed by atoms with van der Waals surface area (Å²) in [5.41, 5.74) is 2.79. The molecular weight excluding hydrogens is 366 g/mol. The number of nitrogens with zero attached hydrogens (tertiary/aromatic N) is 2. The minimum atomic E-state index is -1.90. The van der Waals surface area contributed by atoms with E-state index in [2.05, 4.69) is 4.98 Å². The van der Waals surface area contributed by atoms with E-state index in [0.29, 0.717) is 0 Å². The maximum absolute atomic E-state index is 12.1. The van der Waals surface area contributed by atoms with Crippen molar-refractivity contribution in [1.29, 1.82) is 0 Å². The van der Waals surface area contributed by atoms with Gasteiger partial charge < -0.3 is 45.5 Å². The Balaban J connectivity index is 1.90. The van der Waals surface area contributed by atoms with Crippen molar-refractivity contribution in [3.8, 4) is 0 Å². The van der Waals surface area contributed by atoms with Crippen LogP contribution >= 0.6 is 0 Å². The third-order valence-corrected chi connectivity index (χ3v) is 4.81. The Bertz CT molecular complexity index is 727. The van der Waals surface area contributed by atoms with Crippen LogP contribution in [0.4, 0.5) is 5.82 Å². The van der Waals surface area contributed by atoms with Crippen molar-refractivity contribution >= 4 is 5.82 Å². The molecule has 3 heterocycles. The zero-order valence-electron chi connectivity index (χ0n) is 14.5. The Morgan fingerprint density at radius 2 is 1.96 bits per heavy atom. The van der Waals surface area contributed by atoms with E-state index in [4.69, 9.17) is 19.9 Å². The second-order valence-corrected chi connectivity index (χ2v) is 6.74.